The van der Waals surface area contributed by atoms with Crippen LogP contribution < -0.4 is 0 Å². The molecule has 1 amide bonds. The Morgan fingerprint density at radius 2 is 2.18 bits per heavy atom. The van der Waals surface area contributed by atoms with Crippen LogP contribution in [0, 0.1) is 0 Å². The number of carbonyl (C=O) groups is 1. The lowest BCUT2D eigenvalue weighted by molar-refractivity contribution is 0.0740. The summed E-state index contributed by atoms with van der Waals surface area (Å²) in [6, 6.07) is 2.35. The van der Waals surface area contributed by atoms with E-state index in [4.69, 9.17) is 0 Å². The van der Waals surface area contributed by atoms with Crippen LogP contribution in [0.5, 0.6) is 0 Å². The molecule has 0 saturated carbocycles. The first-order valence-corrected chi connectivity index (χ1v) is 8.95. The molecule has 4 nitrogen and oxygen atoms in total. The Morgan fingerprint density at radius 1 is 1.32 bits per heavy atom. The van der Waals surface area contributed by atoms with Gasteiger partial charge in [-0.3, -0.25) is 9.48 Å². The molecule has 22 heavy (non-hydrogen) atoms. The average molecular weight is 315 g/mol. The predicted octanol–water partition coefficient (Wildman–Crippen LogP) is 3.34. The molecule has 2 aliphatic rings. The Kier molecular flexibility index (Phi) is 3.53. The van der Waals surface area contributed by atoms with Crippen molar-refractivity contribution in [1.29, 1.82) is 0 Å². The van der Waals surface area contributed by atoms with Crippen molar-refractivity contribution < 1.29 is 4.79 Å². The molecule has 0 spiro atoms. The van der Waals surface area contributed by atoms with Gasteiger partial charge in [-0.05, 0) is 50.2 Å². The summed E-state index contributed by atoms with van der Waals surface area (Å²) in [6.45, 7) is 0.862. The molecule has 4 rings (SSSR count). The summed E-state index contributed by atoms with van der Waals surface area (Å²) in [5.74, 6) is 0.214. The summed E-state index contributed by atoms with van der Waals surface area (Å²) >= 11 is 1.72. The van der Waals surface area contributed by atoms with Crippen LogP contribution in [0.4, 0.5) is 0 Å². The fourth-order valence-electron chi connectivity index (χ4n) is 3.71. The second-order valence-corrected chi connectivity index (χ2v) is 7.51. The summed E-state index contributed by atoms with van der Waals surface area (Å²) in [5.41, 5.74) is 2.58. The van der Waals surface area contributed by atoms with E-state index in [9.17, 15) is 4.79 Å². The van der Waals surface area contributed by atoms with Crippen molar-refractivity contribution in [2.75, 3.05) is 6.54 Å². The maximum Gasteiger partial charge on any atom is 0.264 e. The molecular weight excluding hydrogens is 294 g/mol. The van der Waals surface area contributed by atoms with Crippen LogP contribution in [0.25, 0.3) is 0 Å². The van der Waals surface area contributed by atoms with Gasteiger partial charge >= 0.3 is 0 Å². The molecule has 0 N–H and O–H groups in total. The number of likely N-dealkylation sites (tertiary alicyclic amines) is 1. The van der Waals surface area contributed by atoms with Gasteiger partial charge in [0.2, 0.25) is 0 Å². The lowest BCUT2D eigenvalue weighted by Crippen LogP contribution is -2.29. The van der Waals surface area contributed by atoms with Crippen molar-refractivity contribution in [3.8, 4) is 0 Å². The number of nitrogens with zero attached hydrogens (tertiary/aromatic N) is 3. The van der Waals surface area contributed by atoms with E-state index in [0.29, 0.717) is 0 Å². The minimum Gasteiger partial charge on any atom is -0.331 e. The normalized spacial score (nSPS) is 21.1. The molecule has 3 heterocycles. The third kappa shape index (κ3) is 2.37. The van der Waals surface area contributed by atoms with Crippen molar-refractivity contribution >= 4 is 17.2 Å². The molecule has 1 saturated heterocycles. The fourth-order valence-corrected chi connectivity index (χ4v) is 4.92. The molecule has 2 aromatic rings. The highest BCUT2D eigenvalue weighted by Crippen LogP contribution is 2.36. The lowest BCUT2D eigenvalue weighted by Gasteiger charge is -2.23. The molecule has 1 fully saturated rings. The van der Waals surface area contributed by atoms with Gasteiger partial charge in [0.1, 0.15) is 0 Å². The number of amides is 1. The zero-order valence-electron chi connectivity index (χ0n) is 12.9. The monoisotopic (exact) mass is 315 g/mol. The second kappa shape index (κ2) is 5.54. The van der Waals surface area contributed by atoms with Crippen LogP contribution in [0.1, 0.15) is 57.4 Å². The molecule has 116 valence electrons. The van der Waals surface area contributed by atoms with Gasteiger partial charge in [-0.1, -0.05) is 0 Å². The smallest absolute Gasteiger partial charge is 0.264 e. The van der Waals surface area contributed by atoms with E-state index in [1.165, 1.54) is 23.3 Å². The Morgan fingerprint density at radius 3 is 2.95 bits per heavy atom. The Hall–Kier alpha value is -1.62. The largest absolute Gasteiger partial charge is 0.331 e. The van der Waals surface area contributed by atoms with Crippen LogP contribution >= 0.6 is 11.3 Å². The summed E-state index contributed by atoms with van der Waals surface area (Å²) in [6.07, 6.45) is 10.9. The standard InChI is InChI=1S/C17H21N3OS/c1-19-11-13(10-18-19)14-6-4-8-20(14)17(21)16-9-12-5-2-3-7-15(12)22-16/h9-11,14H,2-8H2,1H3. The molecule has 1 unspecified atom stereocenters. The van der Waals surface area contributed by atoms with Gasteiger partial charge in [0.05, 0.1) is 17.1 Å². The number of aryl methyl sites for hydroxylation is 3. The van der Waals surface area contributed by atoms with E-state index < -0.39 is 0 Å². The quantitative estimate of drug-likeness (QED) is 0.852. The van der Waals surface area contributed by atoms with Gasteiger partial charge in [0, 0.05) is 30.2 Å². The lowest BCUT2D eigenvalue weighted by atomic mass is 9.99. The van der Waals surface area contributed by atoms with Gasteiger partial charge < -0.3 is 4.90 Å². The maximum absolute atomic E-state index is 13.0. The molecule has 0 aromatic carbocycles. The van der Waals surface area contributed by atoms with Crippen LogP contribution in [0.2, 0.25) is 0 Å². The number of aromatic nitrogens is 2. The van der Waals surface area contributed by atoms with Crippen LogP contribution in [0.3, 0.4) is 0 Å². The second-order valence-electron chi connectivity index (χ2n) is 6.37. The Labute approximate surface area is 134 Å². The Bertz CT molecular complexity index is 679. The molecule has 1 aliphatic heterocycles. The number of hydrogen-bond donors (Lipinski definition) is 0. The highest BCUT2D eigenvalue weighted by atomic mass is 32.1. The van der Waals surface area contributed by atoms with Crippen molar-refractivity contribution in [2.45, 2.75) is 44.6 Å². The molecule has 5 heteroatoms. The number of carbonyl (C=O) groups excluding carboxylic acids is 1. The van der Waals surface area contributed by atoms with Gasteiger partial charge in [-0.2, -0.15) is 5.10 Å². The highest BCUT2D eigenvalue weighted by Gasteiger charge is 2.32. The number of rotatable bonds is 2. The van der Waals surface area contributed by atoms with Crippen LogP contribution in [-0.2, 0) is 19.9 Å². The summed E-state index contributed by atoms with van der Waals surface area (Å²) in [5, 5.41) is 4.26. The van der Waals surface area contributed by atoms with Crippen molar-refractivity contribution in [3.63, 3.8) is 0 Å². The van der Waals surface area contributed by atoms with Crippen LogP contribution in [0.15, 0.2) is 18.5 Å². The average Bonchev–Trinajstić information content (AvgIpc) is 3.24. The summed E-state index contributed by atoms with van der Waals surface area (Å²) < 4.78 is 1.82. The zero-order chi connectivity index (χ0) is 15.1. The minimum absolute atomic E-state index is 0.195. The van der Waals surface area contributed by atoms with Gasteiger partial charge in [0.25, 0.3) is 5.91 Å². The maximum atomic E-state index is 13.0. The first-order chi connectivity index (χ1) is 10.7. The third-order valence-corrected chi connectivity index (χ3v) is 6.06. The number of hydrogen-bond acceptors (Lipinski definition) is 3. The molecular formula is C17H21N3OS. The van der Waals surface area contributed by atoms with E-state index in [2.05, 4.69) is 11.2 Å². The zero-order valence-corrected chi connectivity index (χ0v) is 13.7. The topological polar surface area (TPSA) is 38.1 Å². The summed E-state index contributed by atoms with van der Waals surface area (Å²) in [4.78, 5) is 17.4. The molecule has 1 atom stereocenters. The minimum atomic E-state index is 0.195. The van der Waals surface area contributed by atoms with Crippen molar-refractivity contribution in [3.05, 3.63) is 39.3 Å². The fraction of sp³-hybridized carbons (Fsp3) is 0.529. The van der Waals surface area contributed by atoms with E-state index in [-0.39, 0.29) is 11.9 Å². The van der Waals surface area contributed by atoms with Gasteiger partial charge in [-0.25, -0.2) is 0 Å². The van der Waals surface area contributed by atoms with E-state index in [1.807, 2.05) is 29.0 Å². The predicted molar refractivity (Wildman–Crippen MR) is 87.2 cm³/mol. The van der Waals surface area contributed by atoms with Gasteiger partial charge in [0.15, 0.2) is 0 Å². The van der Waals surface area contributed by atoms with E-state index in [0.717, 1.165) is 42.7 Å². The molecule has 1 aliphatic carbocycles. The Balaban J connectivity index is 1.60. The first-order valence-electron chi connectivity index (χ1n) is 8.13. The van der Waals surface area contributed by atoms with Crippen LogP contribution in [-0.4, -0.2) is 27.1 Å². The summed E-state index contributed by atoms with van der Waals surface area (Å²) in [7, 11) is 1.93. The molecule has 2 aromatic heterocycles. The molecule has 0 bridgehead atoms. The number of thiophene rings is 1. The number of fused-ring (bicyclic) bond motifs is 1. The first kappa shape index (κ1) is 14.0. The molecule has 0 radical (unpaired) electrons. The third-order valence-electron chi connectivity index (χ3n) is 4.83. The highest BCUT2D eigenvalue weighted by molar-refractivity contribution is 7.14. The van der Waals surface area contributed by atoms with Crippen molar-refractivity contribution in [2.24, 2.45) is 7.05 Å². The van der Waals surface area contributed by atoms with E-state index >= 15 is 0 Å². The van der Waals surface area contributed by atoms with Crippen molar-refractivity contribution in [1.82, 2.24) is 14.7 Å². The van der Waals surface area contributed by atoms with Gasteiger partial charge in [-0.15, -0.1) is 11.3 Å². The SMILES string of the molecule is Cn1cc(C2CCCN2C(=O)c2cc3c(s2)CCCC3)cn1. The van der Waals surface area contributed by atoms with E-state index in [1.54, 1.807) is 11.3 Å².